The molecule has 2 heterocycles. The van der Waals surface area contributed by atoms with E-state index in [9.17, 15) is 14.3 Å². The summed E-state index contributed by atoms with van der Waals surface area (Å²) in [6.45, 7) is 9.02. The Kier molecular flexibility index (Phi) is 7.31. The van der Waals surface area contributed by atoms with Crippen molar-refractivity contribution in [1.82, 2.24) is 20.2 Å². The molecule has 7 nitrogen and oxygen atoms in total. The minimum Gasteiger partial charge on any atom is -0.387 e. The van der Waals surface area contributed by atoms with Gasteiger partial charge in [0, 0.05) is 44.3 Å². The molecule has 1 aliphatic carbocycles. The van der Waals surface area contributed by atoms with Crippen LogP contribution in [0.2, 0.25) is 0 Å². The number of benzene rings is 1. The number of halogens is 2. The number of rotatable bonds is 6. The van der Waals surface area contributed by atoms with E-state index in [1.54, 1.807) is 6.07 Å². The Hall–Kier alpha value is -2.10. The topological polar surface area (TPSA) is 81.6 Å². The first-order valence-corrected chi connectivity index (χ1v) is 12.3. The van der Waals surface area contributed by atoms with E-state index < -0.39 is 12.0 Å². The quantitative estimate of drug-likeness (QED) is 0.608. The van der Waals surface area contributed by atoms with Crippen LogP contribution in [0, 0.1) is 5.82 Å². The summed E-state index contributed by atoms with van der Waals surface area (Å²) in [5.74, 6) is 0.239. The summed E-state index contributed by atoms with van der Waals surface area (Å²) in [6.07, 6.45) is 1.64. The van der Waals surface area contributed by atoms with Crippen LogP contribution in [-0.4, -0.2) is 64.6 Å². The van der Waals surface area contributed by atoms with Crippen LogP contribution in [0.5, 0.6) is 0 Å². The van der Waals surface area contributed by atoms with Crippen LogP contribution in [0.25, 0.3) is 0 Å². The molecule has 1 fully saturated rings. The third kappa shape index (κ3) is 5.05. The first kappa shape index (κ1) is 24.0. The number of hydrogen-bond acceptors (Lipinski definition) is 6. The maximum absolute atomic E-state index is 14.2. The van der Waals surface area contributed by atoms with Gasteiger partial charge in [0.1, 0.15) is 18.0 Å². The molecule has 1 aromatic heterocycles. The smallest absolute Gasteiger partial charge is 0.231 e. The van der Waals surface area contributed by atoms with E-state index in [0.29, 0.717) is 49.2 Å². The van der Waals surface area contributed by atoms with Crippen LogP contribution in [0.3, 0.4) is 0 Å². The summed E-state index contributed by atoms with van der Waals surface area (Å²) < 4.78 is 14.6. The van der Waals surface area contributed by atoms with Gasteiger partial charge < -0.3 is 20.2 Å². The molecule has 2 aliphatic rings. The van der Waals surface area contributed by atoms with Crippen molar-refractivity contribution in [1.29, 1.82) is 0 Å². The standard InChI is InChI=1S/C24H31BrFN5O2/c1-14(2)27-12-17(16-4-5-18(25)19(26)11-16)24(33)31-8-6-30(7-9-31)23-21-15(3)10-20(32)22(21)28-13-29-23/h4-5,11,13-15,17,20,27,32H,6-10,12H2,1-3H3/t15-,17-,20-/m1/s1. The van der Waals surface area contributed by atoms with Gasteiger partial charge in [0.05, 0.1) is 22.2 Å². The van der Waals surface area contributed by atoms with Crippen LogP contribution in [0.1, 0.15) is 62.0 Å². The van der Waals surface area contributed by atoms with Gasteiger partial charge in [-0.2, -0.15) is 0 Å². The lowest BCUT2D eigenvalue weighted by Crippen LogP contribution is -2.51. The summed E-state index contributed by atoms with van der Waals surface area (Å²) in [6, 6.07) is 5.13. The van der Waals surface area contributed by atoms with Crippen LogP contribution in [-0.2, 0) is 4.79 Å². The van der Waals surface area contributed by atoms with E-state index in [-0.39, 0.29) is 23.7 Å². The fraction of sp³-hybridized carbons (Fsp3) is 0.542. The van der Waals surface area contributed by atoms with Crippen molar-refractivity contribution in [3.8, 4) is 0 Å². The molecule has 2 aromatic rings. The maximum Gasteiger partial charge on any atom is 0.231 e. The molecule has 3 atom stereocenters. The fourth-order valence-electron chi connectivity index (χ4n) is 4.74. The molecule has 178 valence electrons. The van der Waals surface area contributed by atoms with Crippen molar-refractivity contribution < 1.29 is 14.3 Å². The Balaban J connectivity index is 1.49. The average Bonchev–Trinajstić information content (AvgIpc) is 3.09. The monoisotopic (exact) mass is 519 g/mol. The summed E-state index contributed by atoms with van der Waals surface area (Å²) in [4.78, 5) is 26.4. The highest BCUT2D eigenvalue weighted by Gasteiger charge is 2.35. The molecule has 0 saturated carbocycles. The second kappa shape index (κ2) is 10.0. The molecule has 9 heteroatoms. The number of aliphatic hydroxyl groups is 1. The van der Waals surface area contributed by atoms with Crippen molar-refractivity contribution in [2.45, 2.75) is 51.2 Å². The molecule has 1 aliphatic heterocycles. The van der Waals surface area contributed by atoms with Crippen molar-refractivity contribution in [2.75, 3.05) is 37.6 Å². The number of aliphatic hydroxyl groups excluding tert-OH is 1. The van der Waals surface area contributed by atoms with Crippen LogP contribution in [0.4, 0.5) is 10.2 Å². The van der Waals surface area contributed by atoms with Gasteiger partial charge in [-0.15, -0.1) is 0 Å². The zero-order valence-corrected chi connectivity index (χ0v) is 20.8. The second-order valence-corrected chi connectivity index (χ2v) is 10.1. The number of hydrogen-bond donors (Lipinski definition) is 2. The number of carbonyl (C=O) groups is 1. The van der Waals surface area contributed by atoms with Gasteiger partial charge in [-0.3, -0.25) is 4.79 Å². The van der Waals surface area contributed by atoms with Crippen molar-refractivity contribution >= 4 is 27.7 Å². The van der Waals surface area contributed by atoms with Crippen molar-refractivity contribution in [3.63, 3.8) is 0 Å². The molecular formula is C24H31BrFN5O2. The maximum atomic E-state index is 14.2. The van der Waals surface area contributed by atoms with E-state index >= 15 is 0 Å². The lowest BCUT2D eigenvalue weighted by molar-refractivity contribution is -0.133. The summed E-state index contributed by atoms with van der Waals surface area (Å²) in [5.41, 5.74) is 2.42. The zero-order valence-electron chi connectivity index (χ0n) is 19.3. The zero-order chi connectivity index (χ0) is 23.7. The number of fused-ring (bicyclic) bond motifs is 1. The lowest BCUT2D eigenvalue weighted by atomic mass is 9.96. The fourth-order valence-corrected chi connectivity index (χ4v) is 4.99. The van der Waals surface area contributed by atoms with E-state index in [1.807, 2.05) is 24.8 Å². The SMILES string of the molecule is CC(C)NC[C@@H](C(=O)N1CCN(c2ncnc3c2[C@H](C)C[C@H]3O)CC1)c1ccc(Br)c(F)c1. The predicted molar refractivity (Wildman–Crippen MR) is 129 cm³/mol. The molecule has 0 radical (unpaired) electrons. The van der Waals surface area contributed by atoms with Gasteiger partial charge >= 0.3 is 0 Å². The third-order valence-corrected chi connectivity index (χ3v) is 7.19. The summed E-state index contributed by atoms with van der Waals surface area (Å²) in [7, 11) is 0. The summed E-state index contributed by atoms with van der Waals surface area (Å²) in [5, 5.41) is 13.6. The molecule has 0 unspecified atom stereocenters. The van der Waals surface area contributed by atoms with Crippen molar-refractivity contribution in [3.05, 3.63) is 51.6 Å². The Morgan fingerprint density at radius 3 is 2.67 bits per heavy atom. The number of nitrogens with one attached hydrogen (secondary N) is 1. The van der Waals surface area contributed by atoms with E-state index in [0.717, 1.165) is 17.1 Å². The minimum atomic E-state index is -0.542. The second-order valence-electron chi connectivity index (χ2n) is 9.25. The highest BCUT2D eigenvalue weighted by molar-refractivity contribution is 9.10. The molecule has 0 bridgehead atoms. The van der Waals surface area contributed by atoms with Gasteiger partial charge in [-0.05, 0) is 46.0 Å². The molecule has 1 saturated heterocycles. The summed E-state index contributed by atoms with van der Waals surface area (Å²) >= 11 is 3.19. The number of anilines is 1. The first-order chi connectivity index (χ1) is 15.8. The first-order valence-electron chi connectivity index (χ1n) is 11.5. The molecule has 1 amide bonds. The number of piperazine rings is 1. The van der Waals surface area contributed by atoms with Gasteiger partial charge in [-0.1, -0.05) is 26.8 Å². The van der Waals surface area contributed by atoms with Crippen LogP contribution < -0.4 is 10.2 Å². The molecule has 33 heavy (non-hydrogen) atoms. The molecule has 1 aromatic carbocycles. The molecular weight excluding hydrogens is 489 g/mol. The van der Waals surface area contributed by atoms with E-state index in [2.05, 4.69) is 43.0 Å². The molecule has 4 rings (SSSR count). The Bertz CT molecular complexity index is 1010. The van der Waals surface area contributed by atoms with Crippen LogP contribution in [0.15, 0.2) is 29.0 Å². The van der Waals surface area contributed by atoms with Gasteiger partial charge in [0.2, 0.25) is 5.91 Å². The van der Waals surface area contributed by atoms with Crippen LogP contribution >= 0.6 is 15.9 Å². The third-order valence-electron chi connectivity index (χ3n) is 6.54. The molecule has 0 spiro atoms. The molecule has 2 N–H and O–H groups in total. The highest BCUT2D eigenvalue weighted by Crippen LogP contribution is 2.42. The van der Waals surface area contributed by atoms with Gasteiger partial charge in [0.25, 0.3) is 0 Å². The number of amides is 1. The van der Waals surface area contributed by atoms with Crippen molar-refractivity contribution in [2.24, 2.45) is 0 Å². The predicted octanol–water partition coefficient (Wildman–Crippen LogP) is 3.35. The largest absolute Gasteiger partial charge is 0.387 e. The van der Waals surface area contributed by atoms with Gasteiger partial charge in [-0.25, -0.2) is 14.4 Å². The number of aromatic nitrogens is 2. The number of carbonyl (C=O) groups excluding carboxylic acids is 1. The Labute approximate surface area is 202 Å². The highest BCUT2D eigenvalue weighted by atomic mass is 79.9. The Morgan fingerprint density at radius 2 is 2.00 bits per heavy atom. The van der Waals surface area contributed by atoms with E-state index in [4.69, 9.17) is 0 Å². The minimum absolute atomic E-state index is 0.00114. The number of nitrogens with zero attached hydrogens (tertiary/aromatic N) is 4. The lowest BCUT2D eigenvalue weighted by Gasteiger charge is -2.38. The van der Waals surface area contributed by atoms with Gasteiger partial charge in [0.15, 0.2) is 0 Å². The average molecular weight is 520 g/mol. The Morgan fingerprint density at radius 1 is 1.27 bits per heavy atom. The normalized spacial score (nSPS) is 21.4. The van der Waals surface area contributed by atoms with E-state index in [1.165, 1.54) is 12.4 Å².